The monoisotopic (exact) mass is 151 g/mol. The first kappa shape index (κ1) is 7.35. The first-order valence-electron chi connectivity index (χ1n) is 4.55. The maximum Gasteiger partial charge on any atom is 0.0310 e. The highest BCUT2D eigenvalue weighted by Crippen LogP contribution is 2.43. The van der Waals surface area contributed by atoms with Gasteiger partial charge in [0.2, 0.25) is 0 Å². The van der Waals surface area contributed by atoms with Crippen LogP contribution in [0.4, 0.5) is 0 Å². The Kier molecular flexibility index (Phi) is 1.40. The van der Waals surface area contributed by atoms with Crippen molar-refractivity contribution in [2.75, 3.05) is 0 Å². The Morgan fingerprint density at radius 3 is 2.91 bits per heavy atom. The third-order valence-electron chi connectivity index (χ3n) is 3.42. The molecule has 1 aliphatic carbocycles. The summed E-state index contributed by atoms with van der Waals surface area (Å²) in [5.74, 6) is 0.795. The van der Waals surface area contributed by atoms with Gasteiger partial charge in [0, 0.05) is 11.6 Å². The molecule has 0 aromatic carbocycles. The van der Waals surface area contributed by atoms with Crippen LogP contribution < -0.4 is 5.32 Å². The SMILES string of the molecule is C=C(C)C1CCC2(C)NC2C1. The first-order valence-corrected chi connectivity index (χ1v) is 4.55. The molecule has 1 heteroatoms. The minimum atomic E-state index is 0.520. The summed E-state index contributed by atoms with van der Waals surface area (Å²) in [6.45, 7) is 8.53. The molecule has 2 aliphatic rings. The number of nitrogens with one attached hydrogen (secondary N) is 1. The van der Waals surface area contributed by atoms with Crippen LogP contribution in [0.15, 0.2) is 12.2 Å². The van der Waals surface area contributed by atoms with Gasteiger partial charge < -0.3 is 5.32 Å². The average molecular weight is 151 g/mol. The minimum Gasteiger partial charge on any atom is -0.305 e. The molecule has 11 heavy (non-hydrogen) atoms. The average Bonchev–Trinajstić information content (AvgIpc) is 2.58. The van der Waals surface area contributed by atoms with Crippen LogP contribution in [0.2, 0.25) is 0 Å². The van der Waals surface area contributed by atoms with Crippen molar-refractivity contribution in [2.24, 2.45) is 5.92 Å². The molecule has 1 saturated heterocycles. The van der Waals surface area contributed by atoms with Crippen molar-refractivity contribution in [3.63, 3.8) is 0 Å². The Bertz CT molecular complexity index is 197. The van der Waals surface area contributed by atoms with Crippen molar-refractivity contribution in [3.05, 3.63) is 12.2 Å². The van der Waals surface area contributed by atoms with E-state index in [1.54, 1.807) is 0 Å². The van der Waals surface area contributed by atoms with Crippen molar-refractivity contribution < 1.29 is 0 Å². The lowest BCUT2D eigenvalue weighted by Gasteiger charge is -2.23. The van der Waals surface area contributed by atoms with Crippen LogP contribution in [0.25, 0.3) is 0 Å². The van der Waals surface area contributed by atoms with Crippen molar-refractivity contribution in [3.8, 4) is 0 Å². The second-order valence-electron chi connectivity index (χ2n) is 4.43. The van der Waals surface area contributed by atoms with Gasteiger partial charge in [0.15, 0.2) is 0 Å². The molecule has 3 atom stereocenters. The van der Waals surface area contributed by atoms with Crippen molar-refractivity contribution in [1.82, 2.24) is 5.32 Å². The molecule has 0 radical (unpaired) electrons. The van der Waals surface area contributed by atoms with Crippen LogP contribution >= 0.6 is 0 Å². The van der Waals surface area contributed by atoms with Gasteiger partial charge in [0.05, 0.1) is 0 Å². The zero-order valence-corrected chi connectivity index (χ0v) is 7.48. The van der Waals surface area contributed by atoms with Crippen LogP contribution in [0.1, 0.15) is 33.1 Å². The Labute approximate surface area is 68.9 Å². The summed E-state index contributed by atoms with van der Waals surface area (Å²) < 4.78 is 0. The molecule has 0 bridgehead atoms. The number of fused-ring (bicyclic) bond motifs is 1. The van der Waals surface area contributed by atoms with Crippen molar-refractivity contribution in [2.45, 2.75) is 44.7 Å². The molecule has 1 N–H and O–H groups in total. The molecule has 0 spiro atoms. The highest BCUT2D eigenvalue weighted by Gasteiger charge is 2.52. The molecule has 0 amide bonds. The molecule has 1 aliphatic heterocycles. The Balaban J connectivity index is 1.98. The van der Waals surface area contributed by atoms with Crippen molar-refractivity contribution >= 4 is 0 Å². The topological polar surface area (TPSA) is 21.9 Å². The maximum absolute atomic E-state index is 4.03. The van der Waals surface area contributed by atoms with Gasteiger partial charge in [-0.2, -0.15) is 0 Å². The lowest BCUT2D eigenvalue weighted by Crippen LogP contribution is -2.21. The number of rotatable bonds is 1. The Morgan fingerprint density at radius 1 is 1.64 bits per heavy atom. The second kappa shape index (κ2) is 2.10. The summed E-state index contributed by atoms with van der Waals surface area (Å²) in [6.07, 6.45) is 4.01. The molecule has 1 heterocycles. The van der Waals surface area contributed by atoms with Crippen LogP contribution in [-0.2, 0) is 0 Å². The van der Waals surface area contributed by atoms with Crippen LogP contribution in [0.5, 0.6) is 0 Å². The van der Waals surface area contributed by atoms with Gasteiger partial charge in [-0.15, -0.1) is 0 Å². The first-order chi connectivity index (χ1) is 5.12. The van der Waals surface area contributed by atoms with E-state index >= 15 is 0 Å². The fourth-order valence-corrected chi connectivity index (χ4v) is 2.25. The quantitative estimate of drug-likeness (QED) is 0.450. The Morgan fingerprint density at radius 2 is 2.36 bits per heavy atom. The number of allylic oxidation sites excluding steroid dienone is 1. The highest BCUT2D eigenvalue weighted by atomic mass is 15.2. The predicted octanol–water partition coefficient (Wildman–Crippen LogP) is 2.09. The van der Waals surface area contributed by atoms with Gasteiger partial charge >= 0.3 is 0 Å². The molecule has 2 fully saturated rings. The molecular weight excluding hydrogens is 134 g/mol. The summed E-state index contributed by atoms with van der Waals surface area (Å²) in [6, 6.07) is 0.804. The van der Waals surface area contributed by atoms with Gasteiger partial charge in [-0.3, -0.25) is 0 Å². The minimum absolute atomic E-state index is 0.520. The third kappa shape index (κ3) is 1.12. The summed E-state index contributed by atoms with van der Waals surface area (Å²) in [5, 5.41) is 3.55. The predicted molar refractivity (Wildman–Crippen MR) is 47.5 cm³/mol. The second-order valence-corrected chi connectivity index (χ2v) is 4.43. The molecule has 62 valence electrons. The summed E-state index contributed by atoms with van der Waals surface area (Å²) >= 11 is 0. The fourth-order valence-electron chi connectivity index (χ4n) is 2.25. The van der Waals surface area contributed by atoms with Crippen LogP contribution in [-0.4, -0.2) is 11.6 Å². The van der Waals surface area contributed by atoms with E-state index in [4.69, 9.17) is 0 Å². The molecule has 0 aromatic rings. The zero-order chi connectivity index (χ0) is 8.06. The molecule has 3 unspecified atom stereocenters. The van der Waals surface area contributed by atoms with Gasteiger partial charge in [0.1, 0.15) is 0 Å². The summed E-state index contributed by atoms with van der Waals surface area (Å²) in [7, 11) is 0. The van der Waals surface area contributed by atoms with Crippen molar-refractivity contribution in [1.29, 1.82) is 0 Å². The molecular formula is C10H17N. The van der Waals surface area contributed by atoms with Gasteiger partial charge in [-0.05, 0) is 39.0 Å². The van der Waals surface area contributed by atoms with Gasteiger partial charge in [-0.1, -0.05) is 12.2 Å². The van der Waals surface area contributed by atoms with Crippen LogP contribution in [0.3, 0.4) is 0 Å². The number of hydrogen-bond donors (Lipinski definition) is 1. The third-order valence-corrected chi connectivity index (χ3v) is 3.42. The lowest BCUT2D eigenvalue weighted by atomic mass is 9.80. The summed E-state index contributed by atoms with van der Waals surface area (Å²) in [5.41, 5.74) is 1.90. The summed E-state index contributed by atoms with van der Waals surface area (Å²) in [4.78, 5) is 0. The largest absolute Gasteiger partial charge is 0.305 e. The van der Waals surface area contributed by atoms with Gasteiger partial charge in [0.25, 0.3) is 0 Å². The van der Waals surface area contributed by atoms with E-state index in [9.17, 15) is 0 Å². The van der Waals surface area contributed by atoms with E-state index in [2.05, 4.69) is 25.7 Å². The van der Waals surface area contributed by atoms with Crippen LogP contribution in [0, 0.1) is 5.92 Å². The van der Waals surface area contributed by atoms with E-state index in [0.717, 1.165) is 12.0 Å². The van der Waals surface area contributed by atoms with E-state index in [0.29, 0.717) is 5.54 Å². The van der Waals surface area contributed by atoms with E-state index in [1.807, 2.05) is 0 Å². The number of hydrogen-bond acceptors (Lipinski definition) is 1. The lowest BCUT2D eigenvalue weighted by molar-refractivity contribution is 0.396. The van der Waals surface area contributed by atoms with E-state index in [-0.39, 0.29) is 0 Å². The molecule has 1 nitrogen and oxygen atoms in total. The normalized spacial score (nSPS) is 48.2. The van der Waals surface area contributed by atoms with Gasteiger partial charge in [-0.25, -0.2) is 0 Å². The smallest absolute Gasteiger partial charge is 0.0310 e. The Hall–Kier alpha value is -0.300. The zero-order valence-electron chi connectivity index (χ0n) is 7.48. The highest BCUT2D eigenvalue weighted by molar-refractivity contribution is 5.17. The fraction of sp³-hybridized carbons (Fsp3) is 0.800. The molecule has 0 aromatic heterocycles. The maximum atomic E-state index is 4.03. The van der Waals surface area contributed by atoms with E-state index < -0.39 is 0 Å². The molecule has 2 rings (SSSR count). The van der Waals surface area contributed by atoms with E-state index in [1.165, 1.54) is 24.8 Å². The molecule has 1 saturated carbocycles. The standard InChI is InChI=1S/C10H17N/c1-7(2)8-4-5-10(3)9(6-8)11-10/h8-9,11H,1,4-6H2,2-3H3.